The van der Waals surface area contributed by atoms with Gasteiger partial charge < -0.3 is 5.11 Å². The highest BCUT2D eigenvalue weighted by molar-refractivity contribution is 5.86. The number of fused-ring (bicyclic) bond motifs is 4. The first-order valence-electron chi connectivity index (χ1n) is 6.90. The van der Waals surface area contributed by atoms with Crippen LogP contribution in [0.4, 0.5) is 0 Å². The summed E-state index contributed by atoms with van der Waals surface area (Å²) in [4.78, 5) is 12.3. The molecule has 5 atom stereocenters. The second kappa shape index (κ2) is 3.56. The molecule has 0 aliphatic heterocycles. The van der Waals surface area contributed by atoms with Gasteiger partial charge in [-0.25, -0.2) is 0 Å². The Bertz CT molecular complexity index is 312. The predicted octanol–water partition coefficient (Wildman–Crippen LogP) is 2.54. The van der Waals surface area contributed by atoms with E-state index < -0.39 is 5.60 Å². The van der Waals surface area contributed by atoms with Crippen molar-refractivity contribution < 1.29 is 9.90 Å². The van der Waals surface area contributed by atoms with E-state index >= 15 is 0 Å². The summed E-state index contributed by atoms with van der Waals surface area (Å²) >= 11 is 0. The van der Waals surface area contributed by atoms with Crippen molar-refractivity contribution >= 4 is 5.78 Å². The Morgan fingerprint density at radius 3 is 2.81 bits per heavy atom. The highest BCUT2D eigenvalue weighted by Gasteiger charge is 2.58. The van der Waals surface area contributed by atoms with Crippen LogP contribution in [0.2, 0.25) is 0 Å². The minimum absolute atomic E-state index is 0.0206. The SMILES string of the molecule is C[C@@H]1[C@@H]2CCC[C@H](C2=O)[C@@]2(O)CCCC[C@H]12. The summed E-state index contributed by atoms with van der Waals surface area (Å²) < 4.78 is 0. The monoisotopic (exact) mass is 222 g/mol. The average molecular weight is 222 g/mol. The van der Waals surface area contributed by atoms with Crippen LogP contribution < -0.4 is 0 Å². The van der Waals surface area contributed by atoms with Crippen molar-refractivity contribution in [1.29, 1.82) is 0 Å². The zero-order chi connectivity index (χ0) is 11.3. The van der Waals surface area contributed by atoms with Crippen molar-refractivity contribution in [3.05, 3.63) is 0 Å². The Morgan fingerprint density at radius 2 is 2.00 bits per heavy atom. The van der Waals surface area contributed by atoms with Gasteiger partial charge >= 0.3 is 0 Å². The zero-order valence-electron chi connectivity index (χ0n) is 10.1. The third-order valence-corrected chi connectivity index (χ3v) is 5.57. The first-order valence-corrected chi connectivity index (χ1v) is 6.90. The van der Waals surface area contributed by atoms with Crippen LogP contribution in [0, 0.1) is 23.7 Å². The maximum atomic E-state index is 12.3. The van der Waals surface area contributed by atoms with Gasteiger partial charge in [0, 0.05) is 11.8 Å². The lowest BCUT2D eigenvalue weighted by molar-refractivity contribution is -0.179. The molecule has 16 heavy (non-hydrogen) atoms. The molecule has 0 radical (unpaired) electrons. The lowest BCUT2D eigenvalue weighted by Crippen LogP contribution is -2.61. The number of Topliss-reactive ketones (excluding diaryl/α,β-unsaturated/α-hetero) is 1. The highest BCUT2D eigenvalue weighted by atomic mass is 16.3. The Labute approximate surface area is 97.4 Å². The molecule has 3 fully saturated rings. The Balaban J connectivity index is 2.00. The van der Waals surface area contributed by atoms with Crippen molar-refractivity contribution in [3.8, 4) is 0 Å². The number of aliphatic hydroxyl groups is 1. The van der Waals surface area contributed by atoms with Crippen molar-refractivity contribution in [1.82, 2.24) is 0 Å². The third kappa shape index (κ3) is 1.25. The van der Waals surface area contributed by atoms with Crippen LogP contribution in [0.3, 0.4) is 0 Å². The molecule has 0 aromatic rings. The fraction of sp³-hybridized carbons (Fsp3) is 0.929. The number of carbonyl (C=O) groups is 1. The summed E-state index contributed by atoms with van der Waals surface area (Å²) in [5.41, 5.74) is -0.633. The number of carbonyl (C=O) groups excluding carboxylic acids is 1. The van der Waals surface area contributed by atoms with Gasteiger partial charge in [-0.2, -0.15) is 0 Å². The number of hydrogen-bond donors (Lipinski definition) is 1. The molecule has 0 unspecified atom stereocenters. The van der Waals surface area contributed by atoms with Crippen LogP contribution >= 0.6 is 0 Å². The van der Waals surface area contributed by atoms with Gasteiger partial charge in [0.15, 0.2) is 0 Å². The summed E-state index contributed by atoms with van der Waals surface area (Å²) in [6.07, 6.45) is 7.50. The van der Waals surface area contributed by atoms with Gasteiger partial charge in [0.25, 0.3) is 0 Å². The zero-order valence-corrected chi connectivity index (χ0v) is 10.1. The van der Waals surface area contributed by atoms with E-state index in [0.29, 0.717) is 17.6 Å². The fourth-order valence-electron chi connectivity index (χ4n) is 4.74. The normalized spacial score (nSPS) is 52.2. The minimum atomic E-state index is -0.633. The molecule has 0 saturated heterocycles. The Kier molecular flexibility index (Phi) is 2.39. The Hall–Kier alpha value is -0.370. The minimum Gasteiger partial charge on any atom is -0.389 e. The van der Waals surface area contributed by atoms with E-state index in [1.807, 2.05) is 0 Å². The van der Waals surface area contributed by atoms with Crippen LogP contribution in [0.5, 0.6) is 0 Å². The second-order valence-corrected chi connectivity index (χ2v) is 6.19. The predicted molar refractivity (Wildman–Crippen MR) is 61.9 cm³/mol. The molecule has 2 nitrogen and oxygen atoms in total. The largest absolute Gasteiger partial charge is 0.389 e. The molecule has 2 bridgehead atoms. The summed E-state index contributed by atoms with van der Waals surface area (Å²) in [6.45, 7) is 2.20. The highest BCUT2D eigenvalue weighted by Crippen LogP contribution is 2.54. The van der Waals surface area contributed by atoms with E-state index in [2.05, 4.69) is 6.92 Å². The second-order valence-electron chi connectivity index (χ2n) is 6.19. The molecule has 3 rings (SSSR count). The topological polar surface area (TPSA) is 37.3 Å². The molecule has 1 N–H and O–H groups in total. The molecule has 3 aliphatic carbocycles. The van der Waals surface area contributed by atoms with Crippen molar-refractivity contribution in [3.63, 3.8) is 0 Å². The summed E-state index contributed by atoms with van der Waals surface area (Å²) in [7, 11) is 0. The third-order valence-electron chi connectivity index (χ3n) is 5.57. The van der Waals surface area contributed by atoms with Crippen LogP contribution in [0.25, 0.3) is 0 Å². The van der Waals surface area contributed by atoms with Gasteiger partial charge in [-0.3, -0.25) is 4.79 Å². The molecule has 90 valence electrons. The molecule has 0 heterocycles. The summed E-state index contributed by atoms with van der Waals surface area (Å²) in [6, 6.07) is 0. The molecule has 0 spiro atoms. The van der Waals surface area contributed by atoms with Gasteiger partial charge in [0.2, 0.25) is 0 Å². The standard InChI is InChI=1S/C14H22O2/c1-9-10-5-4-7-12(13(10)15)14(16)8-3-2-6-11(9)14/h9-12,16H,2-8H2,1H3/t9-,10+,11-,12-,14-/m1/s1. The van der Waals surface area contributed by atoms with Crippen LogP contribution in [-0.4, -0.2) is 16.5 Å². The van der Waals surface area contributed by atoms with Gasteiger partial charge in [-0.15, -0.1) is 0 Å². The van der Waals surface area contributed by atoms with E-state index in [-0.39, 0.29) is 11.8 Å². The number of rotatable bonds is 0. The quantitative estimate of drug-likeness (QED) is 0.684. The maximum absolute atomic E-state index is 12.3. The first-order chi connectivity index (χ1) is 7.64. The Morgan fingerprint density at radius 1 is 1.19 bits per heavy atom. The van der Waals surface area contributed by atoms with E-state index in [4.69, 9.17) is 0 Å². The smallest absolute Gasteiger partial charge is 0.142 e. The molecule has 2 heteroatoms. The molecule has 0 aromatic carbocycles. The molecule has 3 saturated carbocycles. The maximum Gasteiger partial charge on any atom is 0.142 e. The van der Waals surface area contributed by atoms with Gasteiger partial charge in [-0.05, 0) is 37.5 Å². The molecule has 3 aliphatic rings. The van der Waals surface area contributed by atoms with Gasteiger partial charge in [0.1, 0.15) is 5.78 Å². The van der Waals surface area contributed by atoms with Crippen LogP contribution in [-0.2, 0) is 4.79 Å². The summed E-state index contributed by atoms with van der Waals surface area (Å²) in [5, 5.41) is 10.9. The van der Waals surface area contributed by atoms with Crippen LogP contribution in [0.1, 0.15) is 51.9 Å². The number of ketones is 1. The van der Waals surface area contributed by atoms with Gasteiger partial charge in [0.05, 0.1) is 5.60 Å². The lowest BCUT2D eigenvalue weighted by Gasteiger charge is -2.55. The molecule has 0 aromatic heterocycles. The van der Waals surface area contributed by atoms with Crippen molar-refractivity contribution in [2.45, 2.75) is 57.5 Å². The fourth-order valence-corrected chi connectivity index (χ4v) is 4.74. The summed E-state index contributed by atoms with van der Waals surface area (Å²) in [5.74, 6) is 1.44. The molecular weight excluding hydrogens is 200 g/mol. The molecule has 0 amide bonds. The van der Waals surface area contributed by atoms with E-state index in [9.17, 15) is 9.90 Å². The van der Waals surface area contributed by atoms with E-state index in [0.717, 1.165) is 38.5 Å². The average Bonchev–Trinajstić information content (AvgIpc) is 2.27. The first kappa shape index (κ1) is 10.8. The lowest BCUT2D eigenvalue weighted by atomic mass is 9.51. The molecular formula is C14H22O2. The van der Waals surface area contributed by atoms with E-state index in [1.165, 1.54) is 6.42 Å². The number of hydrogen-bond acceptors (Lipinski definition) is 2. The van der Waals surface area contributed by atoms with Gasteiger partial charge in [-0.1, -0.05) is 26.2 Å². The van der Waals surface area contributed by atoms with Crippen LogP contribution in [0.15, 0.2) is 0 Å². The van der Waals surface area contributed by atoms with E-state index in [1.54, 1.807) is 0 Å². The van der Waals surface area contributed by atoms with Crippen molar-refractivity contribution in [2.24, 2.45) is 23.7 Å². The van der Waals surface area contributed by atoms with Crippen molar-refractivity contribution in [2.75, 3.05) is 0 Å².